The molecule has 3 heterocycles. The number of hydrogen-bond acceptors (Lipinski definition) is 8. The Labute approximate surface area is 122 Å². The van der Waals surface area contributed by atoms with Gasteiger partial charge in [-0.2, -0.15) is 4.98 Å². The third kappa shape index (κ3) is 3.27. The SMILES string of the molecule is COc1cc(N2CCN(Cc3nc(C)no3)CC2)ncn1. The fourth-order valence-corrected chi connectivity index (χ4v) is 2.35. The fourth-order valence-electron chi connectivity index (χ4n) is 2.35. The van der Waals surface area contributed by atoms with E-state index >= 15 is 0 Å². The first-order valence-electron chi connectivity index (χ1n) is 6.87. The number of ether oxygens (including phenoxy) is 1. The first-order chi connectivity index (χ1) is 10.2. The summed E-state index contributed by atoms with van der Waals surface area (Å²) in [5.74, 6) is 2.83. The van der Waals surface area contributed by atoms with Crippen molar-refractivity contribution in [2.24, 2.45) is 0 Å². The molecule has 21 heavy (non-hydrogen) atoms. The Morgan fingerprint density at radius 3 is 2.71 bits per heavy atom. The lowest BCUT2D eigenvalue weighted by molar-refractivity contribution is 0.215. The molecule has 0 bridgehead atoms. The van der Waals surface area contributed by atoms with Crippen LogP contribution in [0.25, 0.3) is 0 Å². The molecule has 0 radical (unpaired) electrons. The molecular formula is C13H18N6O2. The van der Waals surface area contributed by atoms with Crippen molar-refractivity contribution in [3.05, 3.63) is 24.1 Å². The molecule has 8 heteroatoms. The molecule has 1 aliphatic heterocycles. The lowest BCUT2D eigenvalue weighted by Crippen LogP contribution is -2.46. The minimum atomic E-state index is 0.587. The summed E-state index contributed by atoms with van der Waals surface area (Å²) in [5, 5.41) is 3.81. The fraction of sp³-hybridized carbons (Fsp3) is 0.538. The van der Waals surface area contributed by atoms with Gasteiger partial charge in [-0.1, -0.05) is 5.16 Å². The zero-order valence-corrected chi connectivity index (χ0v) is 12.2. The lowest BCUT2D eigenvalue weighted by Gasteiger charge is -2.34. The van der Waals surface area contributed by atoms with Gasteiger partial charge in [-0.3, -0.25) is 4.90 Å². The average Bonchev–Trinajstić information content (AvgIpc) is 2.93. The van der Waals surface area contributed by atoms with Crippen molar-refractivity contribution in [1.82, 2.24) is 25.0 Å². The number of rotatable bonds is 4. The van der Waals surface area contributed by atoms with Crippen LogP contribution in [0.15, 0.2) is 16.9 Å². The first kappa shape index (κ1) is 13.7. The highest BCUT2D eigenvalue weighted by Crippen LogP contribution is 2.17. The zero-order valence-electron chi connectivity index (χ0n) is 12.2. The Balaban J connectivity index is 1.57. The van der Waals surface area contributed by atoms with Crippen LogP contribution in [0.2, 0.25) is 0 Å². The second-order valence-electron chi connectivity index (χ2n) is 4.92. The predicted octanol–water partition coefficient (Wildman–Crippen LogP) is 0.499. The summed E-state index contributed by atoms with van der Waals surface area (Å²) in [5.41, 5.74) is 0. The van der Waals surface area contributed by atoms with E-state index in [1.807, 2.05) is 13.0 Å². The standard InChI is InChI=1S/C13H18N6O2/c1-10-16-13(21-17-10)8-18-3-5-19(6-4-18)11-7-12(20-2)15-9-14-11/h7,9H,3-6,8H2,1-2H3. The van der Waals surface area contributed by atoms with Crippen LogP contribution in [-0.4, -0.2) is 58.3 Å². The molecular weight excluding hydrogens is 272 g/mol. The van der Waals surface area contributed by atoms with Crippen LogP contribution < -0.4 is 9.64 Å². The van der Waals surface area contributed by atoms with Crippen LogP contribution >= 0.6 is 0 Å². The van der Waals surface area contributed by atoms with Crippen LogP contribution in [0.4, 0.5) is 5.82 Å². The number of aryl methyl sites for hydroxylation is 1. The van der Waals surface area contributed by atoms with Crippen molar-refractivity contribution in [3.8, 4) is 5.88 Å². The van der Waals surface area contributed by atoms with Crippen LogP contribution in [0.5, 0.6) is 5.88 Å². The summed E-state index contributed by atoms with van der Waals surface area (Å²) >= 11 is 0. The third-order valence-corrected chi connectivity index (χ3v) is 3.46. The highest BCUT2D eigenvalue weighted by Gasteiger charge is 2.20. The largest absolute Gasteiger partial charge is 0.481 e. The molecule has 2 aromatic heterocycles. The molecule has 112 valence electrons. The van der Waals surface area contributed by atoms with Gasteiger partial charge in [-0.15, -0.1) is 0 Å². The van der Waals surface area contributed by atoms with Gasteiger partial charge in [0.05, 0.1) is 13.7 Å². The number of anilines is 1. The molecule has 1 saturated heterocycles. The molecule has 8 nitrogen and oxygen atoms in total. The molecule has 0 spiro atoms. The topological polar surface area (TPSA) is 80.4 Å². The maximum absolute atomic E-state index is 5.16. The number of methoxy groups -OCH3 is 1. The van der Waals surface area contributed by atoms with E-state index < -0.39 is 0 Å². The number of hydrogen-bond donors (Lipinski definition) is 0. The molecule has 0 saturated carbocycles. The molecule has 0 atom stereocenters. The van der Waals surface area contributed by atoms with Gasteiger partial charge in [0.2, 0.25) is 11.8 Å². The maximum atomic E-state index is 5.16. The normalized spacial score (nSPS) is 16.2. The number of aromatic nitrogens is 4. The van der Waals surface area contributed by atoms with E-state index in [1.165, 1.54) is 6.33 Å². The Morgan fingerprint density at radius 1 is 1.24 bits per heavy atom. The lowest BCUT2D eigenvalue weighted by atomic mass is 10.3. The second kappa shape index (κ2) is 6.04. The van der Waals surface area contributed by atoms with Crippen LogP contribution in [0.1, 0.15) is 11.7 Å². The molecule has 3 rings (SSSR count). The van der Waals surface area contributed by atoms with Crippen molar-refractivity contribution in [3.63, 3.8) is 0 Å². The minimum absolute atomic E-state index is 0.587. The highest BCUT2D eigenvalue weighted by molar-refractivity contribution is 5.41. The monoisotopic (exact) mass is 290 g/mol. The molecule has 0 amide bonds. The smallest absolute Gasteiger partial charge is 0.240 e. The molecule has 0 unspecified atom stereocenters. The van der Waals surface area contributed by atoms with Crippen LogP contribution in [-0.2, 0) is 6.54 Å². The summed E-state index contributed by atoms with van der Waals surface area (Å²) in [6, 6.07) is 1.86. The van der Waals surface area contributed by atoms with E-state index in [-0.39, 0.29) is 0 Å². The van der Waals surface area contributed by atoms with E-state index in [9.17, 15) is 0 Å². The summed E-state index contributed by atoms with van der Waals surface area (Å²) in [7, 11) is 1.61. The summed E-state index contributed by atoms with van der Waals surface area (Å²) in [4.78, 5) is 17.1. The van der Waals surface area contributed by atoms with Gasteiger partial charge in [-0.05, 0) is 6.92 Å². The van der Waals surface area contributed by atoms with E-state index in [0.29, 0.717) is 24.1 Å². The van der Waals surface area contributed by atoms with Gasteiger partial charge in [0, 0.05) is 32.2 Å². The minimum Gasteiger partial charge on any atom is -0.481 e. The maximum Gasteiger partial charge on any atom is 0.240 e. The van der Waals surface area contributed by atoms with Crippen molar-refractivity contribution < 1.29 is 9.26 Å². The average molecular weight is 290 g/mol. The zero-order chi connectivity index (χ0) is 14.7. The summed E-state index contributed by atoms with van der Waals surface area (Å²) < 4.78 is 10.3. The van der Waals surface area contributed by atoms with Crippen molar-refractivity contribution in [1.29, 1.82) is 0 Å². The first-order valence-corrected chi connectivity index (χ1v) is 6.87. The van der Waals surface area contributed by atoms with Crippen LogP contribution in [0, 0.1) is 6.92 Å². The van der Waals surface area contributed by atoms with Crippen LogP contribution in [0.3, 0.4) is 0 Å². The van der Waals surface area contributed by atoms with E-state index in [1.54, 1.807) is 7.11 Å². The Kier molecular flexibility index (Phi) is 3.96. The van der Waals surface area contributed by atoms with Crippen molar-refractivity contribution >= 4 is 5.82 Å². The van der Waals surface area contributed by atoms with Gasteiger partial charge in [0.25, 0.3) is 0 Å². The van der Waals surface area contributed by atoms with Crippen molar-refractivity contribution in [2.75, 3.05) is 38.2 Å². The summed E-state index contributed by atoms with van der Waals surface area (Å²) in [6.07, 6.45) is 1.53. The van der Waals surface area contributed by atoms with Gasteiger partial charge in [-0.25, -0.2) is 9.97 Å². The van der Waals surface area contributed by atoms with E-state index in [0.717, 1.165) is 32.0 Å². The van der Waals surface area contributed by atoms with Gasteiger partial charge < -0.3 is 14.2 Å². The molecule has 0 aliphatic carbocycles. The molecule has 0 aromatic carbocycles. The van der Waals surface area contributed by atoms with Gasteiger partial charge in [0.15, 0.2) is 5.82 Å². The Morgan fingerprint density at radius 2 is 2.05 bits per heavy atom. The third-order valence-electron chi connectivity index (χ3n) is 3.46. The van der Waals surface area contributed by atoms with E-state index in [4.69, 9.17) is 9.26 Å². The second-order valence-corrected chi connectivity index (χ2v) is 4.92. The molecule has 0 N–H and O–H groups in total. The Bertz CT molecular complexity index is 594. The molecule has 2 aromatic rings. The molecule has 1 aliphatic rings. The van der Waals surface area contributed by atoms with E-state index in [2.05, 4.69) is 29.9 Å². The molecule has 1 fully saturated rings. The number of nitrogens with zero attached hydrogens (tertiary/aromatic N) is 6. The van der Waals surface area contributed by atoms with Gasteiger partial charge >= 0.3 is 0 Å². The number of piperazine rings is 1. The van der Waals surface area contributed by atoms with Gasteiger partial charge in [0.1, 0.15) is 12.1 Å². The quantitative estimate of drug-likeness (QED) is 0.805. The predicted molar refractivity (Wildman–Crippen MR) is 75.1 cm³/mol. The Hall–Kier alpha value is -2.22. The highest BCUT2D eigenvalue weighted by atomic mass is 16.5. The summed E-state index contributed by atoms with van der Waals surface area (Å²) in [6.45, 7) is 6.16. The van der Waals surface area contributed by atoms with Crippen molar-refractivity contribution in [2.45, 2.75) is 13.5 Å².